The lowest BCUT2D eigenvalue weighted by atomic mass is 9.98. The molecular formula is C11H19NO4S. The number of carbonyl (C=O) groups is 2. The molecule has 0 aromatic rings. The average molecular weight is 261 g/mol. The molecule has 5 nitrogen and oxygen atoms in total. The molecular weight excluding hydrogens is 242 g/mol. The number of thioether (sulfide) groups is 1. The first-order chi connectivity index (χ1) is 8.18. The lowest BCUT2D eigenvalue weighted by molar-refractivity contribution is -0.142. The normalized spacial score (nSPS) is 16.7. The van der Waals surface area contributed by atoms with Gasteiger partial charge in [-0.25, -0.2) is 4.79 Å². The molecule has 1 fully saturated rings. The summed E-state index contributed by atoms with van der Waals surface area (Å²) in [5.74, 6) is 1.87. The number of carboxylic acids is 1. The van der Waals surface area contributed by atoms with E-state index < -0.39 is 5.97 Å². The zero-order chi connectivity index (χ0) is 12.5. The smallest absolute Gasteiger partial charge is 0.329 e. The van der Waals surface area contributed by atoms with Gasteiger partial charge in [-0.3, -0.25) is 4.79 Å². The van der Waals surface area contributed by atoms with Crippen LogP contribution in [0.4, 0.5) is 0 Å². The van der Waals surface area contributed by atoms with Crippen LogP contribution < -0.4 is 5.32 Å². The predicted molar refractivity (Wildman–Crippen MR) is 66.1 cm³/mol. The second-order valence-corrected chi connectivity index (χ2v) is 5.28. The SMILES string of the molecule is O=C(O)COCCNC(=O)CC1CCSCC1. The summed E-state index contributed by atoms with van der Waals surface area (Å²) in [4.78, 5) is 21.7. The first-order valence-corrected chi connectivity index (χ1v) is 6.98. The third-order valence-corrected chi connectivity index (χ3v) is 3.66. The summed E-state index contributed by atoms with van der Waals surface area (Å²) in [6.45, 7) is 0.321. The highest BCUT2D eigenvalue weighted by atomic mass is 32.2. The molecule has 0 unspecified atom stereocenters. The van der Waals surface area contributed by atoms with Crippen LogP contribution in [0.2, 0.25) is 0 Å². The first kappa shape index (κ1) is 14.3. The molecule has 0 bridgehead atoms. The third kappa shape index (κ3) is 7.23. The van der Waals surface area contributed by atoms with Gasteiger partial charge in [0.2, 0.25) is 5.91 Å². The molecule has 0 aromatic carbocycles. The first-order valence-electron chi connectivity index (χ1n) is 5.82. The quantitative estimate of drug-likeness (QED) is 0.661. The van der Waals surface area contributed by atoms with Crippen molar-refractivity contribution in [3.05, 3.63) is 0 Å². The van der Waals surface area contributed by atoms with Crippen LogP contribution in [-0.4, -0.2) is 48.2 Å². The molecule has 1 amide bonds. The van der Waals surface area contributed by atoms with E-state index in [0.29, 0.717) is 18.9 Å². The van der Waals surface area contributed by atoms with Gasteiger partial charge in [-0.2, -0.15) is 11.8 Å². The van der Waals surface area contributed by atoms with Gasteiger partial charge in [-0.05, 0) is 30.3 Å². The van der Waals surface area contributed by atoms with Crippen molar-refractivity contribution >= 4 is 23.6 Å². The number of aliphatic carboxylic acids is 1. The molecule has 6 heteroatoms. The van der Waals surface area contributed by atoms with Gasteiger partial charge in [-0.1, -0.05) is 0 Å². The van der Waals surface area contributed by atoms with Gasteiger partial charge >= 0.3 is 5.97 Å². The molecule has 1 aliphatic heterocycles. The zero-order valence-corrected chi connectivity index (χ0v) is 10.6. The fourth-order valence-electron chi connectivity index (χ4n) is 1.71. The van der Waals surface area contributed by atoms with Gasteiger partial charge in [-0.15, -0.1) is 0 Å². The monoisotopic (exact) mass is 261 g/mol. The van der Waals surface area contributed by atoms with E-state index >= 15 is 0 Å². The minimum atomic E-state index is -0.990. The number of amides is 1. The van der Waals surface area contributed by atoms with Crippen molar-refractivity contribution in [1.82, 2.24) is 5.32 Å². The molecule has 1 aliphatic rings. The van der Waals surface area contributed by atoms with Gasteiger partial charge in [0, 0.05) is 13.0 Å². The maximum atomic E-state index is 11.5. The Balaban J connectivity index is 1.98. The Labute approximate surface area is 105 Å². The predicted octanol–water partition coefficient (Wildman–Crippen LogP) is 0.737. The van der Waals surface area contributed by atoms with Crippen LogP contribution in [0.25, 0.3) is 0 Å². The Kier molecular flexibility index (Phi) is 7.04. The van der Waals surface area contributed by atoms with E-state index in [2.05, 4.69) is 5.32 Å². The van der Waals surface area contributed by atoms with Crippen LogP contribution >= 0.6 is 11.8 Å². The maximum Gasteiger partial charge on any atom is 0.329 e. The lowest BCUT2D eigenvalue weighted by Gasteiger charge is -2.20. The van der Waals surface area contributed by atoms with Crippen LogP contribution in [-0.2, 0) is 14.3 Å². The summed E-state index contributed by atoms with van der Waals surface area (Å²) >= 11 is 1.95. The van der Waals surface area contributed by atoms with Gasteiger partial charge < -0.3 is 15.2 Å². The largest absolute Gasteiger partial charge is 0.480 e. The van der Waals surface area contributed by atoms with Gasteiger partial charge in [0.15, 0.2) is 0 Å². The van der Waals surface area contributed by atoms with E-state index in [1.807, 2.05) is 11.8 Å². The van der Waals surface area contributed by atoms with E-state index in [-0.39, 0.29) is 19.1 Å². The second-order valence-electron chi connectivity index (χ2n) is 4.06. The second kappa shape index (κ2) is 8.36. The van der Waals surface area contributed by atoms with Crippen LogP contribution in [0.1, 0.15) is 19.3 Å². The topological polar surface area (TPSA) is 75.6 Å². The number of hydrogen-bond acceptors (Lipinski definition) is 4. The van der Waals surface area contributed by atoms with Gasteiger partial charge in [0.25, 0.3) is 0 Å². The van der Waals surface area contributed by atoms with Gasteiger partial charge in [0.1, 0.15) is 6.61 Å². The molecule has 0 aromatic heterocycles. The van der Waals surface area contributed by atoms with Crippen molar-refractivity contribution < 1.29 is 19.4 Å². The van der Waals surface area contributed by atoms with Crippen LogP contribution in [0, 0.1) is 5.92 Å². The van der Waals surface area contributed by atoms with E-state index in [1.165, 1.54) is 0 Å². The minimum Gasteiger partial charge on any atom is -0.480 e. The molecule has 0 saturated carbocycles. The molecule has 1 saturated heterocycles. The van der Waals surface area contributed by atoms with Crippen molar-refractivity contribution in [2.75, 3.05) is 31.3 Å². The highest BCUT2D eigenvalue weighted by Gasteiger charge is 2.16. The molecule has 2 N–H and O–H groups in total. The molecule has 1 heterocycles. The Morgan fingerprint density at radius 3 is 2.71 bits per heavy atom. The van der Waals surface area contributed by atoms with E-state index in [0.717, 1.165) is 24.3 Å². The van der Waals surface area contributed by atoms with E-state index in [4.69, 9.17) is 9.84 Å². The Bertz CT molecular complexity index is 254. The average Bonchev–Trinajstić information content (AvgIpc) is 2.29. The number of carbonyl (C=O) groups excluding carboxylic acids is 1. The molecule has 17 heavy (non-hydrogen) atoms. The molecule has 0 radical (unpaired) electrons. The summed E-state index contributed by atoms with van der Waals surface area (Å²) in [7, 11) is 0. The Hall–Kier alpha value is -0.750. The van der Waals surface area contributed by atoms with Crippen molar-refractivity contribution in [3.63, 3.8) is 0 Å². The van der Waals surface area contributed by atoms with E-state index in [9.17, 15) is 9.59 Å². The van der Waals surface area contributed by atoms with Crippen molar-refractivity contribution in [3.8, 4) is 0 Å². The summed E-state index contributed by atoms with van der Waals surface area (Å²) in [6.07, 6.45) is 2.82. The lowest BCUT2D eigenvalue weighted by Crippen LogP contribution is -2.30. The van der Waals surface area contributed by atoms with Crippen molar-refractivity contribution in [2.45, 2.75) is 19.3 Å². The third-order valence-electron chi connectivity index (χ3n) is 2.61. The summed E-state index contributed by atoms with van der Waals surface area (Å²) in [5, 5.41) is 11.1. The standard InChI is InChI=1S/C11H19NO4S/c13-10(7-9-1-5-17-6-2-9)12-3-4-16-8-11(14)15/h9H,1-8H2,(H,12,13)(H,14,15). The summed E-state index contributed by atoms with van der Waals surface area (Å²) in [6, 6.07) is 0. The summed E-state index contributed by atoms with van der Waals surface area (Å²) in [5.41, 5.74) is 0. The van der Waals surface area contributed by atoms with Crippen molar-refractivity contribution in [1.29, 1.82) is 0 Å². The van der Waals surface area contributed by atoms with Crippen LogP contribution in [0.15, 0.2) is 0 Å². The van der Waals surface area contributed by atoms with Crippen LogP contribution in [0.5, 0.6) is 0 Å². The number of rotatable bonds is 7. The van der Waals surface area contributed by atoms with Gasteiger partial charge in [0.05, 0.1) is 6.61 Å². The molecule has 1 rings (SSSR count). The fraction of sp³-hybridized carbons (Fsp3) is 0.818. The number of hydrogen-bond donors (Lipinski definition) is 2. The number of carboxylic acid groups (broad SMARTS) is 1. The molecule has 0 spiro atoms. The highest BCUT2D eigenvalue weighted by Crippen LogP contribution is 2.24. The van der Waals surface area contributed by atoms with Crippen LogP contribution in [0.3, 0.4) is 0 Å². The Morgan fingerprint density at radius 1 is 1.35 bits per heavy atom. The zero-order valence-electron chi connectivity index (χ0n) is 9.81. The minimum absolute atomic E-state index is 0.0424. The molecule has 0 aliphatic carbocycles. The molecule has 98 valence electrons. The molecule has 0 atom stereocenters. The fourth-order valence-corrected chi connectivity index (χ4v) is 2.91. The summed E-state index contributed by atoms with van der Waals surface area (Å²) < 4.78 is 4.82. The number of ether oxygens (including phenoxy) is 1. The Morgan fingerprint density at radius 2 is 2.06 bits per heavy atom. The number of nitrogens with one attached hydrogen (secondary N) is 1. The van der Waals surface area contributed by atoms with E-state index in [1.54, 1.807) is 0 Å². The highest BCUT2D eigenvalue weighted by molar-refractivity contribution is 7.99. The maximum absolute atomic E-state index is 11.5. The van der Waals surface area contributed by atoms with Crippen molar-refractivity contribution in [2.24, 2.45) is 5.92 Å².